The fraction of sp³-hybridized carbons (Fsp3) is 0.300. The summed E-state index contributed by atoms with van der Waals surface area (Å²) in [7, 11) is 0. The Balaban J connectivity index is 2.69. The van der Waals surface area contributed by atoms with Gasteiger partial charge in [-0.05, 0) is 19.1 Å². The molecule has 0 amide bonds. The molecule has 0 spiro atoms. The smallest absolute Gasteiger partial charge is 0.332 e. The largest absolute Gasteiger partial charge is 0.479 e. The van der Waals surface area contributed by atoms with Gasteiger partial charge in [0, 0.05) is 15.6 Å². The van der Waals surface area contributed by atoms with E-state index >= 15 is 0 Å². The lowest BCUT2D eigenvalue weighted by atomic mass is 10.2. The minimum atomic E-state index is -1.02. The molecule has 0 radical (unpaired) electrons. The highest BCUT2D eigenvalue weighted by atomic mass is 35.5. The number of rotatable bonds is 4. The maximum Gasteiger partial charge on any atom is 0.332 e. The minimum absolute atomic E-state index is 0.0893. The minimum Gasteiger partial charge on any atom is -0.479 e. The van der Waals surface area contributed by atoms with Crippen LogP contribution in [0.5, 0.6) is 0 Å². The Morgan fingerprint density at radius 2 is 2.00 bits per heavy atom. The van der Waals surface area contributed by atoms with Crippen molar-refractivity contribution in [1.82, 2.24) is 0 Å². The van der Waals surface area contributed by atoms with Crippen molar-refractivity contribution in [3.8, 4) is 0 Å². The summed E-state index contributed by atoms with van der Waals surface area (Å²) >= 11 is 11.8. The van der Waals surface area contributed by atoms with Crippen LogP contribution in [0.3, 0.4) is 0 Å². The molecule has 0 bridgehead atoms. The first kappa shape index (κ1) is 12.3. The van der Waals surface area contributed by atoms with E-state index < -0.39 is 12.1 Å². The van der Waals surface area contributed by atoms with E-state index in [4.69, 9.17) is 33.0 Å². The zero-order chi connectivity index (χ0) is 11.4. The number of hydrogen-bond donors (Lipinski definition) is 1. The standard InChI is InChI=1S/C10H10Cl2O3/c1-6(10(13)14)15-5-7-8(11)3-2-4-9(7)12/h2-4,6H,5H2,1H3,(H,13,14). The van der Waals surface area contributed by atoms with Crippen LogP contribution in [0.2, 0.25) is 10.0 Å². The summed E-state index contributed by atoms with van der Waals surface area (Å²) in [4.78, 5) is 10.5. The van der Waals surface area contributed by atoms with Gasteiger partial charge in [0.05, 0.1) is 6.61 Å². The van der Waals surface area contributed by atoms with Crippen LogP contribution >= 0.6 is 23.2 Å². The van der Waals surface area contributed by atoms with Crippen LogP contribution in [0.25, 0.3) is 0 Å². The summed E-state index contributed by atoms with van der Waals surface area (Å²) in [6, 6.07) is 5.07. The molecule has 0 heterocycles. The average Bonchev–Trinajstić information content (AvgIpc) is 2.16. The highest BCUT2D eigenvalue weighted by molar-refractivity contribution is 6.35. The van der Waals surface area contributed by atoms with E-state index in [9.17, 15) is 4.79 Å². The lowest BCUT2D eigenvalue weighted by molar-refractivity contribution is -0.149. The molecule has 0 aliphatic heterocycles. The van der Waals surface area contributed by atoms with E-state index in [2.05, 4.69) is 0 Å². The summed E-state index contributed by atoms with van der Waals surface area (Å²) in [5.41, 5.74) is 0.605. The first-order valence-corrected chi connectivity index (χ1v) is 5.05. The summed E-state index contributed by atoms with van der Waals surface area (Å²) < 4.78 is 5.08. The van der Waals surface area contributed by atoms with Gasteiger partial charge in [-0.3, -0.25) is 0 Å². The first-order valence-electron chi connectivity index (χ1n) is 4.29. The van der Waals surface area contributed by atoms with Crippen LogP contribution in [0.1, 0.15) is 12.5 Å². The van der Waals surface area contributed by atoms with Crippen LogP contribution in [0, 0.1) is 0 Å². The van der Waals surface area contributed by atoms with Gasteiger partial charge in [0.15, 0.2) is 6.10 Å². The lowest BCUT2D eigenvalue weighted by Gasteiger charge is -2.10. The Morgan fingerprint density at radius 1 is 1.47 bits per heavy atom. The molecule has 82 valence electrons. The van der Waals surface area contributed by atoms with Gasteiger partial charge in [-0.2, -0.15) is 0 Å². The third-order valence-electron chi connectivity index (χ3n) is 1.89. The SMILES string of the molecule is CC(OCc1c(Cl)cccc1Cl)C(=O)O. The van der Waals surface area contributed by atoms with Gasteiger partial charge >= 0.3 is 5.97 Å². The number of ether oxygens (including phenoxy) is 1. The van der Waals surface area contributed by atoms with E-state index in [0.717, 1.165) is 0 Å². The summed E-state index contributed by atoms with van der Waals surface area (Å²) in [6.07, 6.45) is -0.877. The number of hydrogen-bond acceptors (Lipinski definition) is 2. The third kappa shape index (κ3) is 3.38. The second-order valence-corrected chi connectivity index (χ2v) is 3.81. The first-order chi connectivity index (χ1) is 7.02. The summed E-state index contributed by atoms with van der Waals surface area (Å²) in [5.74, 6) is -1.02. The highest BCUT2D eigenvalue weighted by Crippen LogP contribution is 2.25. The van der Waals surface area contributed by atoms with Gasteiger partial charge in [-0.25, -0.2) is 4.79 Å². The molecule has 0 aromatic heterocycles. The molecule has 0 fully saturated rings. The second-order valence-electron chi connectivity index (χ2n) is 2.99. The molecule has 0 saturated heterocycles. The lowest BCUT2D eigenvalue weighted by Crippen LogP contribution is -2.19. The molecule has 0 aliphatic carbocycles. The number of aliphatic carboxylic acids is 1. The van der Waals surface area contributed by atoms with Crippen LogP contribution in [-0.4, -0.2) is 17.2 Å². The quantitative estimate of drug-likeness (QED) is 0.892. The Morgan fingerprint density at radius 3 is 2.47 bits per heavy atom. The van der Waals surface area contributed by atoms with Gasteiger partial charge in [0.2, 0.25) is 0 Å². The van der Waals surface area contributed by atoms with Crippen molar-refractivity contribution in [1.29, 1.82) is 0 Å². The number of benzene rings is 1. The van der Waals surface area contributed by atoms with Crippen molar-refractivity contribution >= 4 is 29.2 Å². The molecular weight excluding hydrogens is 239 g/mol. The predicted octanol–water partition coefficient (Wildman–Crippen LogP) is 2.98. The van der Waals surface area contributed by atoms with Crippen LogP contribution in [-0.2, 0) is 16.1 Å². The van der Waals surface area contributed by atoms with Gasteiger partial charge in [0.1, 0.15) is 0 Å². The number of carbonyl (C=O) groups is 1. The maximum atomic E-state index is 10.5. The third-order valence-corrected chi connectivity index (χ3v) is 2.60. The molecule has 15 heavy (non-hydrogen) atoms. The van der Waals surface area contributed by atoms with Gasteiger partial charge < -0.3 is 9.84 Å². The Bertz CT molecular complexity index is 345. The zero-order valence-electron chi connectivity index (χ0n) is 8.04. The molecule has 1 aromatic rings. The molecule has 1 rings (SSSR count). The van der Waals surface area contributed by atoms with Crippen molar-refractivity contribution in [3.63, 3.8) is 0 Å². The van der Waals surface area contributed by atoms with Gasteiger partial charge in [0.25, 0.3) is 0 Å². The Kier molecular flexibility index (Phi) is 4.39. The van der Waals surface area contributed by atoms with E-state index in [1.165, 1.54) is 6.92 Å². The van der Waals surface area contributed by atoms with E-state index in [1.54, 1.807) is 18.2 Å². The predicted molar refractivity (Wildman–Crippen MR) is 58.3 cm³/mol. The van der Waals surface area contributed by atoms with Gasteiger partial charge in [-0.1, -0.05) is 29.3 Å². The molecule has 5 heteroatoms. The fourth-order valence-electron chi connectivity index (χ4n) is 0.950. The van der Waals surface area contributed by atoms with E-state index in [1.807, 2.05) is 0 Å². The molecule has 3 nitrogen and oxygen atoms in total. The summed E-state index contributed by atoms with van der Waals surface area (Å²) in [6.45, 7) is 1.54. The van der Waals surface area contributed by atoms with Crippen LogP contribution in [0.4, 0.5) is 0 Å². The average molecular weight is 249 g/mol. The second kappa shape index (κ2) is 5.35. The van der Waals surface area contributed by atoms with Crippen molar-refractivity contribution in [2.75, 3.05) is 0 Å². The van der Waals surface area contributed by atoms with Crippen molar-refractivity contribution in [2.45, 2.75) is 19.6 Å². The molecule has 1 aromatic carbocycles. The van der Waals surface area contributed by atoms with Crippen LogP contribution in [0.15, 0.2) is 18.2 Å². The molecule has 0 saturated carbocycles. The zero-order valence-corrected chi connectivity index (χ0v) is 9.55. The number of carboxylic acid groups (broad SMARTS) is 1. The molecule has 1 unspecified atom stereocenters. The molecule has 1 atom stereocenters. The molecule has 0 aliphatic rings. The Hall–Kier alpha value is -0.770. The van der Waals surface area contributed by atoms with Gasteiger partial charge in [-0.15, -0.1) is 0 Å². The molecular formula is C10H10Cl2O3. The Labute approximate surface area is 97.6 Å². The van der Waals surface area contributed by atoms with Crippen molar-refractivity contribution < 1.29 is 14.6 Å². The normalized spacial score (nSPS) is 12.5. The van der Waals surface area contributed by atoms with Crippen LogP contribution < -0.4 is 0 Å². The maximum absolute atomic E-state index is 10.5. The topological polar surface area (TPSA) is 46.5 Å². The summed E-state index contributed by atoms with van der Waals surface area (Å²) in [5, 5.41) is 9.55. The van der Waals surface area contributed by atoms with E-state index in [-0.39, 0.29) is 6.61 Å². The fourth-order valence-corrected chi connectivity index (χ4v) is 1.46. The van der Waals surface area contributed by atoms with E-state index in [0.29, 0.717) is 15.6 Å². The van der Waals surface area contributed by atoms with Crippen molar-refractivity contribution in [2.24, 2.45) is 0 Å². The molecule has 1 N–H and O–H groups in total. The number of carboxylic acids is 1. The number of halogens is 2. The van der Waals surface area contributed by atoms with Crippen molar-refractivity contribution in [3.05, 3.63) is 33.8 Å². The monoisotopic (exact) mass is 248 g/mol. The highest BCUT2D eigenvalue weighted by Gasteiger charge is 2.13.